The SMILES string of the molecule is CC(C)(C)[S+]([O-])N[C@H](CCCCCO)CCC(F)(F)F. The maximum absolute atomic E-state index is 12.3. The number of rotatable bonds is 9. The van der Waals surface area contributed by atoms with Crippen molar-refractivity contribution in [1.82, 2.24) is 4.72 Å². The van der Waals surface area contributed by atoms with Gasteiger partial charge in [-0.1, -0.05) is 12.8 Å². The molecule has 7 heteroatoms. The smallest absolute Gasteiger partial charge is 0.389 e. The molecule has 0 aliphatic rings. The van der Waals surface area contributed by atoms with Crippen LogP contribution in [0.4, 0.5) is 13.2 Å². The third-order valence-corrected chi connectivity index (χ3v) is 4.48. The molecule has 0 spiro atoms. The second-order valence-electron chi connectivity index (χ2n) is 5.92. The second-order valence-corrected chi connectivity index (χ2v) is 7.92. The number of alkyl halides is 3. The monoisotopic (exact) mass is 317 g/mol. The first kappa shape index (κ1) is 20.0. The molecule has 122 valence electrons. The molecule has 0 aliphatic carbocycles. The van der Waals surface area contributed by atoms with Gasteiger partial charge in [-0.25, -0.2) is 0 Å². The molecule has 0 rings (SSSR count). The van der Waals surface area contributed by atoms with Gasteiger partial charge in [-0.05, 0) is 40.0 Å². The lowest BCUT2D eigenvalue weighted by Crippen LogP contribution is -2.45. The van der Waals surface area contributed by atoms with Crippen molar-refractivity contribution in [1.29, 1.82) is 0 Å². The molecule has 3 nitrogen and oxygen atoms in total. The van der Waals surface area contributed by atoms with Crippen LogP contribution in [0.5, 0.6) is 0 Å². The largest absolute Gasteiger partial charge is 0.598 e. The number of hydrogen-bond donors (Lipinski definition) is 2. The molecule has 1 unspecified atom stereocenters. The van der Waals surface area contributed by atoms with E-state index in [-0.39, 0.29) is 13.0 Å². The van der Waals surface area contributed by atoms with Crippen LogP contribution in [0.15, 0.2) is 0 Å². The fourth-order valence-electron chi connectivity index (χ4n) is 1.61. The third kappa shape index (κ3) is 10.8. The van der Waals surface area contributed by atoms with Crippen LogP contribution in [-0.2, 0) is 11.4 Å². The van der Waals surface area contributed by atoms with Gasteiger partial charge in [-0.15, -0.1) is 4.72 Å². The Kier molecular flexibility index (Phi) is 9.13. The van der Waals surface area contributed by atoms with Crippen molar-refractivity contribution in [3.8, 4) is 0 Å². The van der Waals surface area contributed by atoms with Crippen molar-refractivity contribution in [3.05, 3.63) is 0 Å². The van der Waals surface area contributed by atoms with Crippen molar-refractivity contribution in [2.24, 2.45) is 0 Å². The van der Waals surface area contributed by atoms with Crippen LogP contribution in [0.25, 0.3) is 0 Å². The number of halogens is 3. The molecule has 0 aliphatic heterocycles. The molecule has 2 atom stereocenters. The summed E-state index contributed by atoms with van der Waals surface area (Å²) >= 11 is -1.37. The Morgan fingerprint density at radius 2 is 1.70 bits per heavy atom. The van der Waals surface area contributed by atoms with E-state index in [2.05, 4.69) is 4.72 Å². The van der Waals surface area contributed by atoms with Crippen LogP contribution >= 0.6 is 0 Å². The fraction of sp³-hybridized carbons (Fsp3) is 1.00. The molecule has 0 aromatic heterocycles. The minimum absolute atomic E-state index is 0.0650. The van der Waals surface area contributed by atoms with Crippen LogP contribution in [0.1, 0.15) is 59.3 Å². The van der Waals surface area contributed by atoms with Crippen molar-refractivity contribution in [2.45, 2.75) is 76.3 Å². The summed E-state index contributed by atoms with van der Waals surface area (Å²) in [7, 11) is 0. The summed E-state index contributed by atoms with van der Waals surface area (Å²) in [4.78, 5) is 0. The van der Waals surface area contributed by atoms with Gasteiger partial charge in [0.25, 0.3) is 0 Å². The number of aliphatic hydroxyl groups is 1. The molecule has 0 fully saturated rings. The molecule has 0 saturated heterocycles. The van der Waals surface area contributed by atoms with Crippen LogP contribution in [0.2, 0.25) is 0 Å². The summed E-state index contributed by atoms with van der Waals surface area (Å²) < 4.78 is 51.2. The van der Waals surface area contributed by atoms with Gasteiger partial charge in [-0.2, -0.15) is 13.2 Å². The lowest BCUT2D eigenvalue weighted by Gasteiger charge is -2.28. The van der Waals surface area contributed by atoms with Gasteiger partial charge in [0.05, 0.1) is 6.04 Å². The first-order valence-electron chi connectivity index (χ1n) is 6.92. The van der Waals surface area contributed by atoms with Gasteiger partial charge in [0.2, 0.25) is 0 Å². The van der Waals surface area contributed by atoms with Gasteiger partial charge in [-0.3, -0.25) is 0 Å². The van der Waals surface area contributed by atoms with Crippen molar-refractivity contribution in [2.75, 3.05) is 6.61 Å². The fourth-order valence-corrected chi connectivity index (χ4v) is 2.50. The Morgan fingerprint density at radius 3 is 2.15 bits per heavy atom. The highest BCUT2D eigenvalue weighted by molar-refractivity contribution is 7.90. The molecule has 0 saturated carbocycles. The first-order chi connectivity index (χ1) is 9.06. The highest BCUT2D eigenvalue weighted by Gasteiger charge is 2.32. The molecule has 0 amide bonds. The van der Waals surface area contributed by atoms with Gasteiger partial charge < -0.3 is 9.66 Å². The summed E-state index contributed by atoms with van der Waals surface area (Å²) in [5, 5.41) is 8.68. The van der Waals surface area contributed by atoms with Crippen LogP contribution in [0.3, 0.4) is 0 Å². The van der Waals surface area contributed by atoms with E-state index in [1.54, 1.807) is 20.8 Å². The van der Waals surface area contributed by atoms with Crippen molar-refractivity contribution < 1.29 is 22.8 Å². The molecule has 0 aromatic carbocycles. The highest BCUT2D eigenvalue weighted by atomic mass is 32.2. The van der Waals surface area contributed by atoms with E-state index in [1.807, 2.05) is 0 Å². The van der Waals surface area contributed by atoms with E-state index in [0.29, 0.717) is 12.8 Å². The molecular formula is C13H26F3NO2S. The van der Waals surface area contributed by atoms with Crippen LogP contribution in [-0.4, -0.2) is 33.2 Å². The van der Waals surface area contributed by atoms with E-state index in [4.69, 9.17) is 5.11 Å². The molecule has 20 heavy (non-hydrogen) atoms. The Morgan fingerprint density at radius 1 is 1.10 bits per heavy atom. The Labute approximate surface area is 122 Å². The molecule has 0 heterocycles. The molecule has 0 bridgehead atoms. The average molecular weight is 317 g/mol. The molecule has 0 aromatic rings. The Hall–Kier alpha value is 0.0200. The normalized spacial score (nSPS) is 16.2. The van der Waals surface area contributed by atoms with Crippen molar-refractivity contribution >= 4 is 11.4 Å². The van der Waals surface area contributed by atoms with Gasteiger partial charge in [0.1, 0.15) is 4.75 Å². The minimum Gasteiger partial charge on any atom is -0.598 e. The second kappa shape index (κ2) is 9.12. The molecule has 0 radical (unpaired) electrons. The van der Waals surface area contributed by atoms with E-state index in [0.717, 1.165) is 12.8 Å². The summed E-state index contributed by atoms with van der Waals surface area (Å²) in [6, 6.07) is -0.407. The van der Waals surface area contributed by atoms with Crippen LogP contribution < -0.4 is 4.72 Å². The minimum atomic E-state index is -4.19. The standard InChI is InChI=1S/C13H26F3NO2S/c1-12(2,3)20(19)17-11(7-5-4-6-10-18)8-9-13(14,15)16/h11,17-18H,4-10H2,1-3H3/t11-,20?/m1/s1. The van der Waals surface area contributed by atoms with Gasteiger partial charge in [0, 0.05) is 24.4 Å². The predicted octanol–water partition coefficient (Wildman–Crippen LogP) is 3.30. The zero-order valence-electron chi connectivity index (χ0n) is 12.4. The van der Waals surface area contributed by atoms with E-state index in [1.165, 1.54) is 0 Å². The maximum Gasteiger partial charge on any atom is 0.389 e. The van der Waals surface area contributed by atoms with Gasteiger partial charge in [0.15, 0.2) is 0 Å². The average Bonchev–Trinajstić information content (AvgIpc) is 2.28. The lowest BCUT2D eigenvalue weighted by molar-refractivity contribution is -0.136. The zero-order chi connectivity index (χ0) is 15.8. The Balaban J connectivity index is 4.31. The highest BCUT2D eigenvalue weighted by Crippen LogP contribution is 2.25. The molecular weight excluding hydrogens is 291 g/mol. The Bertz CT molecular complexity index is 257. The van der Waals surface area contributed by atoms with E-state index < -0.39 is 34.7 Å². The van der Waals surface area contributed by atoms with E-state index in [9.17, 15) is 17.7 Å². The summed E-state index contributed by atoms with van der Waals surface area (Å²) in [6.07, 6.45) is -2.45. The summed E-state index contributed by atoms with van der Waals surface area (Å²) in [5.41, 5.74) is 0. The topological polar surface area (TPSA) is 55.3 Å². The number of aliphatic hydroxyl groups excluding tert-OH is 1. The van der Waals surface area contributed by atoms with E-state index >= 15 is 0 Å². The molecule has 2 N–H and O–H groups in total. The quantitative estimate of drug-likeness (QED) is 0.507. The maximum atomic E-state index is 12.3. The number of hydrogen-bond acceptors (Lipinski definition) is 3. The predicted molar refractivity (Wildman–Crippen MR) is 75.7 cm³/mol. The first-order valence-corrected chi connectivity index (χ1v) is 8.07. The van der Waals surface area contributed by atoms with Gasteiger partial charge >= 0.3 is 6.18 Å². The number of nitrogens with one attached hydrogen (secondary N) is 1. The number of unbranched alkanes of at least 4 members (excludes halogenated alkanes) is 2. The lowest BCUT2D eigenvalue weighted by atomic mass is 10.0. The van der Waals surface area contributed by atoms with Crippen molar-refractivity contribution in [3.63, 3.8) is 0 Å². The zero-order valence-corrected chi connectivity index (χ0v) is 13.2. The summed E-state index contributed by atoms with van der Waals surface area (Å²) in [6.45, 7) is 5.43. The third-order valence-electron chi connectivity index (χ3n) is 2.82. The summed E-state index contributed by atoms with van der Waals surface area (Å²) in [5.74, 6) is 0. The van der Waals surface area contributed by atoms with Crippen LogP contribution in [0, 0.1) is 0 Å².